The third kappa shape index (κ3) is 2.56. The summed E-state index contributed by atoms with van der Waals surface area (Å²) in [7, 11) is 1.79. The fourth-order valence-corrected chi connectivity index (χ4v) is 5.34. The van der Waals surface area contributed by atoms with E-state index in [0.717, 1.165) is 42.5 Å². The van der Waals surface area contributed by atoms with Crippen LogP contribution in [0.1, 0.15) is 44.3 Å². The first kappa shape index (κ1) is 13.6. The van der Waals surface area contributed by atoms with E-state index in [0.29, 0.717) is 6.04 Å². The molecule has 1 aromatic heterocycles. The molecule has 5 heteroatoms. The highest BCUT2D eigenvalue weighted by Gasteiger charge is 2.43. The third-order valence-corrected chi connectivity index (χ3v) is 6.16. The van der Waals surface area contributed by atoms with Crippen LogP contribution in [0.25, 0.3) is 0 Å². The highest BCUT2D eigenvalue weighted by molar-refractivity contribution is 4.97. The molecule has 0 spiro atoms. The highest BCUT2D eigenvalue weighted by atomic mass is 16.1. The minimum atomic E-state index is -0.115. The molecule has 4 fully saturated rings. The maximum Gasteiger partial charge on any atom is 0.343 e. The molecular formula is C16H26N4O. The molecule has 21 heavy (non-hydrogen) atoms. The van der Waals surface area contributed by atoms with E-state index in [2.05, 4.69) is 15.5 Å². The zero-order chi connectivity index (χ0) is 14.4. The Morgan fingerprint density at radius 1 is 1.14 bits per heavy atom. The fourth-order valence-electron chi connectivity index (χ4n) is 5.34. The summed E-state index contributed by atoms with van der Waals surface area (Å²) in [6, 6.07) is 0.696. The van der Waals surface area contributed by atoms with Crippen molar-refractivity contribution in [2.45, 2.75) is 51.0 Å². The van der Waals surface area contributed by atoms with Gasteiger partial charge in [0.25, 0.3) is 0 Å². The predicted molar refractivity (Wildman–Crippen MR) is 81.0 cm³/mol. The van der Waals surface area contributed by atoms with E-state index in [4.69, 9.17) is 0 Å². The van der Waals surface area contributed by atoms with Gasteiger partial charge in [-0.15, -0.1) is 0 Å². The summed E-state index contributed by atoms with van der Waals surface area (Å²) in [5.41, 5.74) is -0.115. The second kappa shape index (κ2) is 5.27. The second-order valence-corrected chi connectivity index (χ2v) is 7.59. The van der Waals surface area contributed by atoms with Crippen LogP contribution >= 0.6 is 0 Å². The quantitative estimate of drug-likeness (QED) is 0.882. The molecule has 3 unspecified atom stereocenters. The van der Waals surface area contributed by atoms with Crippen LogP contribution in [-0.2, 0) is 13.5 Å². The van der Waals surface area contributed by atoms with Crippen molar-refractivity contribution in [2.75, 3.05) is 6.54 Å². The Bertz CT molecular complexity index is 549. The lowest BCUT2D eigenvalue weighted by molar-refractivity contribution is 0.129. The molecule has 0 amide bonds. The van der Waals surface area contributed by atoms with E-state index >= 15 is 0 Å². The molecule has 1 heterocycles. The van der Waals surface area contributed by atoms with Crippen molar-refractivity contribution in [2.24, 2.45) is 30.7 Å². The van der Waals surface area contributed by atoms with Gasteiger partial charge in [-0.1, -0.05) is 0 Å². The van der Waals surface area contributed by atoms with Crippen molar-refractivity contribution >= 4 is 0 Å². The van der Waals surface area contributed by atoms with Crippen LogP contribution < -0.4 is 11.0 Å². The standard InChI is InChI=1S/C16H26N4O/c1-20-15(18-19-16(20)21)2-3-17-14-9-12-5-10-4-11(6-12)8-13(14)7-10/h10-14,17H,2-9H2,1H3,(H,19,21). The molecule has 1 aromatic rings. The number of aromatic nitrogens is 3. The van der Waals surface area contributed by atoms with Gasteiger partial charge in [0.2, 0.25) is 0 Å². The maximum absolute atomic E-state index is 11.4. The molecule has 0 aliphatic heterocycles. The summed E-state index contributed by atoms with van der Waals surface area (Å²) in [5.74, 6) is 4.75. The summed E-state index contributed by atoms with van der Waals surface area (Å²) in [6.07, 6.45) is 9.58. The van der Waals surface area contributed by atoms with Gasteiger partial charge in [-0.2, -0.15) is 5.10 Å². The van der Waals surface area contributed by atoms with E-state index in [1.165, 1.54) is 38.5 Å². The maximum atomic E-state index is 11.4. The third-order valence-electron chi connectivity index (χ3n) is 6.16. The summed E-state index contributed by atoms with van der Waals surface area (Å²) >= 11 is 0. The van der Waals surface area contributed by atoms with Crippen LogP contribution in [0.5, 0.6) is 0 Å². The van der Waals surface area contributed by atoms with Crippen molar-refractivity contribution < 1.29 is 0 Å². The molecule has 4 aliphatic carbocycles. The van der Waals surface area contributed by atoms with Crippen LogP contribution in [-0.4, -0.2) is 27.4 Å². The average molecular weight is 290 g/mol. The van der Waals surface area contributed by atoms with Crippen LogP contribution in [0.4, 0.5) is 0 Å². The summed E-state index contributed by atoms with van der Waals surface area (Å²) < 4.78 is 1.61. The summed E-state index contributed by atoms with van der Waals surface area (Å²) in [5, 5.41) is 10.4. The van der Waals surface area contributed by atoms with E-state index < -0.39 is 0 Å². The molecule has 0 radical (unpaired) electrons. The van der Waals surface area contributed by atoms with Gasteiger partial charge >= 0.3 is 5.69 Å². The number of rotatable bonds is 4. The van der Waals surface area contributed by atoms with Gasteiger partial charge in [0.15, 0.2) is 0 Å². The van der Waals surface area contributed by atoms with Crippen LogP contribution in [0.3, 0.4) is 0 Å². The van der Waals surface area contributed by atoms with Gasteiger partial charge in [0, 0.05) is 26.1 Å². The number of nitrogens with zero attached hydrogens (tertiary/aromatic N) is 2. The van der Waals surface area contributed by atoms with E-state index in [1.807, 2.05) is 0 Å². The van der Waals surface area contributed by atoms with Crippen molar-refractivity contribution in [3.63, 3.8) is 0 Å². The molecule has 4 bridgehead atoms. The minimum Gasteiger partial charge on any atom is -0.313 e. The lowest BCUT2D eigenvalue weighted by Gasteiger charge is -2.39. The lowest BCUT2D eigenvalue weighted by Crippen LogP contribution is -2.39. The van der Waals surface area contributed by atoms with E-state index in [-0.39, 0.29) is 5.69 Å². The largest absolute Gasteiger partial charge is 0.343 e. The topological polar surface area (TPSA) is 62.7 Å². The monoisotopic (exact) mass is 290 g/mol. The Balaban J connectivity index is 1.37. The first-order chi connectivity index (χ1) is 10.2. The molecular weight excluding hydrogens is 264 g/mol. The van der Waals surface area contributed by atoms with Gasteiger partial charge in [-0.3, -0.25) is 4.57 Å². The smallest absolute Gasteiger partial charge is 0.313 e. The number of nitrogens with one attached hydrogen (secondary N) is 2. The number of hydrogen-bond acceptors (Lipinski definition) is 3. The van der Waals surface area contributed by atoms with Gasteiger partial charge in [0.1, 0.15) is 5.82 Å². The van der Waals surface area contributed by atoms with Crippen LogP contribution in [0, 0.1) is 23.7 Å². The zero-order valence-corrected chi connectivity index (χ0v) is 12.8. The minimum absolute atomic E-state index is 0.115. The Labute approximate surface area is 125 Å². The molecule has 3 atom stereocenters. The Kier molecular flexibility index (Phi) is 3.40. The normalized spacial score (nSPS) is 37.9. The lowest BCUT2D eigenvalue weighted by atomic mass is 9.67. The van der Waals surface area contributed by atoms with Crippen molar-refractivity contribution in [3.8, 4) is 0 Å². The Morgan fingerprint density at radius 3 is 2.43 bits per heavy atom. The van der Waals surface area contributed by atoms with E-state index in [1.54, 1.807) is 11.6 Å². The molecule has 116 valence electrons. The highest BCUT2D eigenvalue weighted by Crippen LogP contribution is 2.51. The number of fused-ring (bicyclic) bond motifs is 1. The molecule has 4 saturated carbocycles. The predicted octanol–water partition coefficient (Wildman–Crippen LogP) is 1.46. The first-order valence-electron chi connectivity index (χ1n) is 8.52. The van der Waals surface area contributed by atoms with Crippen LogP contribution in [0.15, 0.2) is 4.79 Å². The Morgan fingerprint density at radius 2 is 1.81 bits per heavy atom. The van der Waals surface area contributed by atoms with Crippen molar-refractivity contribution in [1.29, 1.82) is 0 Å². The fraction of sp³-hybridized carbons (Fsp3) is 0.875. The van der Waals surface area contributed by atoms with Gasteiger partial charge < -0.3 is 5.32 Å². The molecule has 5 nitrogen and oxygen atoms in total. The Hall–Kier alpha value is -1.10. The molecule has 2 N–H and O–H groups in total. The molecule has 0 saturated heterocycles. The van der Waals surface area contributed by atoms with Crippen molar-refractivity contribution in [1.82, 2.24) is 20.1 Å². The number of hydrogen-bond donors (Lipinski definition) is 2. The summed E-state index contributed by atoms with van der Waals surface area (Å²) in [6.45, 7) is 0.932. The zero-order valence-electron chi connectivity index (χ0n) is 12.8. The number of aromatic amines is 1. The first-order valence-corrected chi connectivity index (χ1v) is 8.52. The summed E-state index contributed by atoms with van der Waals surface area (Å²) in [4.78, 5) is 11.4. The second-order valence-electron chi connectivity index (χ2n) is 7.59. The van der Waals surface area contributed by atoms with Gasteiger partial charge in [-0.25, -0.2) is 9.89 Å². The van der Waals surface area contributed by atoms with E-state index in [9.17, 15) is 4.79 Å². The molecule has 0 aromatic carbocycles. The van der Waals surface area contributed by atoms with Crippen LogP contribution in [0.2, 0.25) is 0 Å². The molecule has 4 aliphatic rings. The van der Waals surface area contributed by atoms with Crippen molar-refractivity contribution in [3.05, 3.63) is 16.3 Å². The average Bonchev–Trinajstić information content (AvgIpc) is 2.64. The van der Waals surface area contributed by atoms with Gasteiger partial charge in [0.05, 0.1) is 0 Å². The molecule has 5 rings (SSSR count). The SMILES string of the molecule is Cn1c(CCNC2CC3CC4CC(C3)CC2C4)n[nH]c1=O. The van der Waals surface area contributed by atoms with Gasteiger partial charge in [-0.05, 0) is 62.2 Å². The number of H-pyrrole nitrogens is 1.